The van der Waals surface area contributed by atoms with E-state index in [9.17, 15) is 9.18 Å². The zero-order valence-electron chi connectivity index (χ0n) is 12.1. The summed E-state index contributed by atoms with van der Waals surface area (Å²) < 4.78 is 18.1. The molecular weight excluding hydrogens is 319 g/mol. The molecule has 0 radical (unpaired) electrons. The fourth-order valence-electron chi connectivity index (χ4n) is 2.25. The molecule has 3 rings (SSSR count). The predicted molar refractivity (Wildman–Crippen MR) is 87.8 cm³/mol. The molecular formula is C17H12ClFN2O2. The molecule has 0 unspecified atom stereocenters. The number of fused-ring (bicyclic) bond motifs is 1. The Morgan fingerprint density at radius 1 is 1.22 bits per heavy atom. The third-order valence-corrected chi connectivity index (χ3v) is 3.59. The lowest BCUT2D eigenvalue weighted by molar-refractivity contribution is 0.0594. The van der Waals surface area contributed by atoms with E-state index in [1.807, 2.05) is 6.07 Å². The maximum absolute atomic E-state index is 13.4. The smallest absolute Gasteiger partial charge is 0.356 e. The number of para-hydroxylation sites is 1. The number of benzene rings is 2. The van der Waals surface area contributed by atoms with Gasteiger partial charge in [-0.2, -0.15) is 0 Å². The van der Waals surface area contributed by atoms with Gasteiger partial charge >= 0.3 is 5.97 Å². The first-order valence-electron chi connectivity index (χ1n) is 6.78. The van der Waals surface area contributed by atoms with E-state index in [2.05, 4.69) is 10.3 Å². The van der Waals surface area contributed by atoms with Crippen LogP contribution in [0, 0.1) is 5.82 Å². The van der Waals surface area contributed by atoms with Gasteiger partial charge in [-0.25, -0.2) is 14.2 Å². The van der Waals surface area contributed by atoms with Crippen molar-refractivity contribution in [2.75, 3.05) is 12.4 Å². The molecule has 4 nitrogen and oxygen atoms in total. The Labute approximate surface area is 136 Å². The first kappa shape index (κ1) is 15.2. The van der Waals surface area contributed by atoms with E-state index in [-0.39, 0.29) is 11.5 Å². The molecule has 0 saturated heterocycles. The molecule has 1 aromatic heterocycles. The average Bonchev–Trinajstić information content (AvgIpc) is 2.55. The predicted octanol–water partition coefficient (Wildman–Crippen LogP) is 4.56. The van der Waals surface area contributed by atoms with E-state index in [0.717, 1.165) is 5.39 Å². The van der Waals surface area contributed by atoms with Gasteiger partial charge in [0, 0.05) is 11.1 Å². The van der Waals surface area contributed by atoms with Crippen molar-refractivity contribution in [1.29, 1.82) is 0 Å². The molecule has 0 amide bonds. The number of hydrogen-bond donors (Lipinski definition) is 1. The topological polar surface area (TPSA) is 51.2 Å². The second-order valence-corrected chi connectivity index (χ2v) is 5.23. The minimum atomic E-state index is -0.575. The van der Waals surface area contributed by atoms with Crippen LogP contribution < -0.4 is 5.32 Å². The molecule has 2 aromatic carbocycles. The summed E-state index contributed by atoms with van der Waals surface area (Å²) >= 11 is 6.17. The Morgan fingerprint density at radius 3 is 2.74 bits per heavy atom. The number of aromatic nitrogens is 1. The molecule has 116 valence electrons. The highest BCUT2D eigenvalue weighted by atomic mass is 35.5. The molecule has 0 bridgehead atoms. The molecule has 23 heavy (non-hydrogen) atoms. The number of esters is 1. The summed E-state index contributed by atoms with van der Waals surface area (Å²) in [6.45, 7) is 0. The zero-order chi connectivity index (χ0) is 16.4. The van der Waals surface area contributed by atoms with Crippen molar-refractivity contribution in [2.45, 2.75) is 0 Å². The van der Waals surface area contributed by atoms with Crippen molar-refractivity contribution in [3.05, 3.63) is 65.1 Å². The minimum absolute atomic E-state index is 0.118. The molecule has 0 aliphatic heterocycles. The molecule has 1 N–H and O–H groups in total. The van der Waals surface area contributed by atoms with Crippen LogP contribution in [-0.2, 0) is 4.74 Å². The molecule has 0 atom stereocenters. The lowest BCUT2D eigenvalue weighted by atomic mass is 10.1. The molecule has 0 aliphatic rings. The molecule has 0 aliphatic carbocycles. The van der Waals surface area contributed by atoms with Crippen molar-refractivity contribution >= 4 is 39.8 Å². The number of halogens is 2. The van der Waals surface area contributed by atoms with Gasteiger partial charge < -0.3 is 10.1 Å². The summed E-state index contributed by atoms with van der Waals surface area (Å²) in [6, 6.07) is 12.9. The Balaban J connectivity index is 2.17. The molecule has 1 heterocycles. The molecule has 0 fully saturated rings. The Morgan fingerprint density at radius 2 is 2.00 bits per heavy atom. The van der Waals surface area contributed by atoms with Crippen LogP contribution in [0.25, 0.3) is 10.9 Å². The van der Waals surface area contributed by atoms with E-state index in [1.165, 1.54) is 19.2 Å². The summed E-state index contributed by atoms with van der Waals surface area (Å²) in [6.07, 6.45) is 0. The van der Waals surface area contributed by atoms with Crippen LogP contribution in [0.4, 0.5) is 15.8 Å². The highest BCUT2D eigenvalue weighted by Crippen LogP contribution is 2.30. The van der Waals surface area contributed by atoms with Crippen molar-refractivity contribution in [2.24, 2.45) is 0 Å². The van der Waals surface area contributed by atoms with Crippen LogP contribution in [0.1, 0.15) is 10.5 Å². The lowest BCUT2D eigenvalue weighted by Gasteiger charge is -2.12. The highest BCUT2D eigenvalue weighted by Gasteiger charge is 2.14. The Bertz CT molecular complexity index is 899. The number of carbonyl (C=O) groups excluding carboxylic acids is 1. The van der Waals surface area contributed by atoms with Crippen LogP contribution in [0.15, 0.2) is 48.5 Å². The second-order valence-electron chi connectivity index (χ2n) is 4.82. The summed E-state index contributed by atoms with van der Waals surface area (Å²) in [7, 11) is 1.28. The second kappa shape index (κ2) is 6.22. The third kappa shape index (κ3) is 3.10. The number of hydrogen-bond acceptors (Lipinski definition) is 4. The number of pyridine rings is 1. The molecule has 6 heteroatoms. The van der Waals surface area contributed by atoms with Gasteiger partial charge in [-0.1, -0.05) is 29.8 Å². The molecule has 0 saturated carbocycles. The minimum Gasteiger partial charge on any atom is -0.464 e. The zero-order valence-corrected chi connectivity index (χ0v) is 12.9. The molecule has 3 aromatic rings. The summed E-state index contributed by atoms with van der Waals surface area (Å²) in [5.41, 5.74) is 1.72. The van der Waals surface area contributed by atoms with Gasteiger partial charge in [-0.3, -0.25) is 0 Å². The van der Waals surface area contributed by atoms with Crippen LogP contribution in [0.3, 0.4) is 0 Å². The monoisotopic (exact) mass is 330 g/mol. The normalized spacial score (nSPS) is 10.6. The largest absolute Gasteiger partial charge is 0.464 e. The van der Waals surface area contributed by atoms with E-state index >= 15 is 0 Å². The standard InChI is InChI=1S/C17H12ClFN2O2/c1-23-17(22)15-9-14(20-11-5-2-4-10(19)8-11)12-6-3-7-13(18)16(12)21-15/h2-9H,1H3,(H,20,21). The molecule has 0 spiro atoms. The van der Waals surface area contributed by atoms with Gasteiger partial charge in [0.15, 0.2) is 5.69 Å². The number of nitrogens with one attached hydrogen (secondary N) is 1. The van der Waals surface area contributed by atoms with Gasteiger partial charge in [-0.15, -0.1) is 0 Å². The number of ether oxygens (including phenoxy) is 1. The van der Waals surface area contributed by atoms with Crippen LogP contribution in [-0.4, -0.2) is 18.1 Å². The van der Waals surface area contributed by atoms with Gasteiger partial charge in [0.2, 0.25) is 0 Å². The van der Waals surface area contributed by atoms with E-state index in [1.54, 1.807) is 30.3 Å². The Hall–Kier alpha value is -2.66. The first-order chi connectivity index (χ1) is 11.1. The number of nitrogens with zero attached hydrogens (tertiary/aromatic N) is 1. The fourth-order valence-corrected chi connectivity index (χ4v) is 2.46. The maximum Gasteiger partial charge on any atom is 0.356 e. The van der Waals surface area contributed by atoms with Gasteiger partial charge in [0.1, 0.15) is 5.82 Å². The highest BCUT2D eigenvalue weighted by molar-refractivity contribution is 6.35. The van der Waals surface area contributed by atoms with Crippen molar-refractivity contribution in [3.63, 3.8) is 0 Å². The Kier molecular flexibility index (Phi) is 4.12. The third-order valence-electron chi connectivity index (χ3n) is 3.29. The van der Waals surface area contributed by atoms with Crippen molar-refractivity contribution in [3.8, 4) is 0 Å². The number of carbonyl (C=O) groups is 1. The van der Waals surface area contributed by atoms with E-state index < -0.39 is 5.97 Å². The average molecular weight is 331 g/mol. The fraction of sp³-hybridized carbons (Fsp3) is 0.0588. The van der Waals surface area contributed by atoms with Gasteiger partial charge in [0.25, 0.3) is 0 Å². The van der Waals surface area contributed by atoms with Gasteiger partial charge in [0.05, 0.1) is 23.3 Å². The van der Waals surface area contributed by atoms with Crippen LogP contribution >= 0.6 is 11.6 Å². The SMILES string of the molecule is COC(=O)c1cc(Nc2cccc(F)c2)c2cccc(Cl)c2n1. The van der Waals surface area contributed by atoms with E-state index in [0.29, 0.717) is 21.9 Å². The summed E-state index contributed by atoms with van der Waals surface area (Å²) in [5.74, 6) is -0.936. The maximum atomic E-state index is 13.4. The lowest BCUT2D eigenvalue weighted by Crippen LogP contribution is -2.06. The first-order valence-corrected chi connectivity index (χ1v) is 7.16. The van der Waals surface area contributed by atoms with E-state index in [4.69, 9.17) is 16.3 Å². The van der Waals surface area contributed by atoms with Crippen molar-refractivity contribution < 1.29 is 13.9 Å². The summed E-state index contributed by atoms with van der Waals surface area (Å²) in [5, 5.41) is 4.22. The quantitative estimate of drug-likeness (QED) is 0.715. The number of anilines is 2. The number of rotatable bonds is 3. The number of methoxy groups -OCH3 is 1. The van der Waals surface area contributed by atoms with Crippen LogP contribution in [0.2, 0.25) is 5.02 Å². The summed E-state index contributed by atoms with van der Waals surface area (Å²) in [4.78, 5) is 16.1. The van der Waals surface area contributed by atoms with Crippen molar-refractivity contribution in [1.82, 2.24) is 4.98 Å². The van der Waals surface area contributed by atoms with Crippen LogP contribution in [0.5, 0.6) is 0 Å². The van der Waals surface area contributed by atoms with Gasteiger partial charge in [-0.05, 0) is 30.3 Å².